The summed E-state index contributed by atoms with van der Waals surface area (Å²) in [5.41, 5.74) is 1.18. The van der Waals surface area contributed by atoms with E-state index in [1.54, 1.807) is 0 Å². The van der Waals surface area contributed by atoms with Crippen LogP contribution in [0.3, 0.4) is 0 Å². The molecule has 1 heterocycles. The Morgan fingerprint density at radius 1 is 1.33 bits per heavy atom. The van der Waals surface area contributed by atoms with Crippen LogP contribution in [0.5, 0.6) is 11.5 Å². The third-order valence-electron chi connectivity index (χ3n) is 2.91. The molecular formula is C14H21NO2S. The van der Waals surface area contributed by atoms with Crippen molar-refractivity contribution in [3.63, 3.8) is 0 Å². The van der Waals surface area contributed by atoms with Crippen molar-refractivity contribution in [1.82, 2.24) is 5.32 Å². The normalized spacial score (nSPS) is 16.1. The zero-order valence-corrected chi connectivity index (χ0v) is 11.9. The number of fused-ring (bicyclic) bond motifs is 1. The van der Waals surface area contributed by atoms with Gasteiger partial charge in [-0.1, -0.05) is 12.1 Å². The van der Waals surface area contributed by atoms with Gasteiger partial charge in [0.05, 0.1) is 13.2 Å². The molecule has 1 aliphatic heterocycles. The first-order valence-corrected chi connectivity index (χ1v) is 7.80. The summed E-state index contributed by atoms with van der Waals surface area (Å²) in [6.45, 7) is 4.51. The number of hydrogen-bond acceptors (Lipinski definition) is 4. The number of hydrogen-bond donors (Lipinski definition) is 1. The molecule has 1 aromatic rings. The fourth-order valence-electron chi connectivity index (χ4n) is 1.99. The van der Waals surface area contributed by atoms with Crippen molar-refractivity contribution in [2.24, 2.45) is 0 Å². The molecule has 0 saturated heterocycles. The molecule has 0 amide bonds. The van der Waals surface area contributed by atoms with Gasteiger partial charge in [-0.2, -0.15) is 11.8 Å². The summed E-state index contributed by atoms with van der Waals surface area (Å²) in [6.07, 6.45) is 3.08. The molecule has 4 heteroatoms. The topological polar surface area (TPSA) is 30.5 Å². The molecule has 2 rings (SSSR count). The number of ether oxygens (including phenoxy) is 2. The molecule has 1 unspecified atom stereocenters. The molecule has 100 valence electrons. The van der Waals surface area contributed by atoms with Gasteiger partial charge in [-0.15, -0.1) is 0 Å². The van der Waals surface area contributed by atoms with Gasteiger partial charge >= 0.3 is 0 Å². The average Bonchev–Trinajstić information content (AvgIpc) is 2.62. The highest BCUT2D eigenvalue weighted by atomic mass is 32.2. The Morgan fingerprint density at radius 3 is 3.00 bits per heavy atom. The smallest absolute Gasteiger partial charge is 0.165 e. The maximum atomic E-state index is 5.80. The summed E-state index contributed by atoms with van der Waals surface area (Å²) in [5.74, 6) is 2.91. The van der Waals surface area contributed by atoms with Crippen molar-refractivity contribution in [2.45, 2.75) is 25.9 Å². The van der Waals surface area contributed by atoms with Crippen LogP contribution in [-0.2, 0) is 6.54 Å². The van der Waals surface area contributed by atoms with Gasteiger partial charge in [0.1, 0.15) is 0 Å². The van der Waals surface area contributed by atoms with Gasteiger partial charge in [0.2, 0.25) is 0 Å². The van der Waals surface area contributed by atoms with Crippen LogP contribution in [0.15, 0.2) is 18.2 Å². The van der Waals surface area contributed by atoms with Crippen molar-refractivity contribution in [1.29, 1.82) is 0 Å². The van der Waals surface area contributed by atoms with Crippen LogP contribution >= 0.6 is 11.8 Å². The van der Waals surface area contributed by atoms with Gasteiger partial charge in [0.25, 0.3) is 0 Å². The van der Waals surface area contributed by atoms with E-state index in [9.17, 15) is 0 Å². The van der Waals surface area contributed by atoms with E-state index in [-0.39, 0.29) is 0 Å². The van der Waals surface area contributed by atoms with Gasteiger partial charge in [-0.25, -0.2) is 0 Å². The molecule has 0 spiro atoms. The number of nitrogens with one attached hydrogen (secondary N) is 1. The predicted molar refractivity (Wildman–Crippen MR) is 76.7 cm³/mol. The van der Waals surface area contributed by atoms with Gasteiger partial charge in [-0.3, -0.25) is 0 Å². The van der Waals surface area contributed by atoms with Crippen molar-refractivity contribution in [3.8, 4) is 11.5 Å². The van der Waals surface area contributed by atoms with E-state index >= 15 is 0 Å². The number of para-hydroxylation sites is 1. The molecular weight excluding hydrogens is 246 g/mol. The lowest BCUT2D eigenvalue weighted by molar-refractivity contribution is 0.296. The van der Waals surface area contributed by atoms with Crippen LogP contribution < -0.4 is 14.8 Å². The van der Waals surface area contributed by atoms with Crippen LogP contribution in [0.2, 0.25) is 0 Å². The highest BCUT2D eigenvalue weighted by Crippen LogP contribution is 2.33. The maximum Gasteiger partial charge on any atom is 0.165 e. The predicted octanol–water partition coefficient (Wildman–Crippen LogP) is 2.69. The quantitative estimate of drug-likeness (QED) is 0.888. The molecule has 0 fully saturated rings. The molecule has 0 radical (unpaired) electrons. The lowest BCUT2D eigenvalue weighted by Gasteiger charge is -2.16. The van der Waals surface area contributed by atoms with E-state index in [1.807, 2.05) is 23.9 Å². The van der Waals surface area contributed by atoms with Gasteiger partial charge in [0, 0.05) is 30.3 Å². The van der Waals surface area contributed by atoms with Crippen LogP contribution in [-0.4, -0.2) is 31.3 Å². The fourth-order valence-corrected chi connectivity index (χ4v) is 2.60. The molecule has 1 aliphatic rings. The Labute approximate surface area is 113 Å². The van der Waals surface area contributed by atoms with E-state index < -0.39 is 0 Å². The third kappa shape index (κ3) is 3.56. The molecule has 1 aromatic carbocycles. The summed E-state index contributed by atoms with van der Waals surface area (Å²) in [4.78, 5) is 0. The van der Waals surface area contributed by atoms with Crippen molar-refractivity contribution in [2.75, 3.05) is 25.2 Å². The summed E-state index contributed by atoms with van der Waals surface area (Å²) >= 11 is 1.86. The van der Waals surface area contributed by atoms with Gasteiger partial charge < -0.3 is 14.8 Å². The third-order valence-corrected chi connectivity index (χ3v) is 3.74. The lowest BCUT2D eigenvalue weighted by atomic mass is 10.1. The van der Waals surface area contributed by atoms with E-state index in [4.69, 9.17) is 9.47 Å². The Kier molecular flexibility index (Phi) is 5.20. The Morgan fingerprint density at radius 2 is 2.17 bits per heavy atom. The zero-order valence-electron chi connectivity index (χ0n) is 11.1. The second-order valence-electron chi connectivity index (χ2n) is 4.53. The van der Waals surface area contributed by atoms with E-state index in [0.717, 1.165) is 43.4 Å². The monoisotopic (exact) mass is 267 g/mol. The number of rotatable bonds is 5. The van der Waals surface area contributed by atoms with Crippen LogP contribution in [0.4, 0.5) is 0 Å². The minimum absolute atomic E-state index is 0.502. The van der Waals surface area contributed by atoms with Crippen LogP contribution in [0.25, 0.3) is 0 Å². The molecule has 0 aromatic heterocycles. The Balaban J connectivity index is 2.04. The van der Waals surface area contributed by atoms with Crippen molar-refractivity contribution >= 4 is 11.8 Å². The SMILES string of the molecule is CSCC(C)NCc1cccc2c1OCCCO2. The highest BCUT2D eigenvalue weighted by molar-refractivity contribution is 7.98. The van der Waals surface area contributed by atoms with Crippen LogP contribution in [0.1, 0.15) is 18.9 Å². The molecule has 0 bridgehead atoms. The molecule has 1 N–H and O–H groups in total. The minimum atomic E-state index is 0.502. The van der Waals surface area contributed by atoms with Crippen molar-refractivity contribution < 1.29 is 9.47 Å². The zero-order chi connectivity index (χ0) is 12.8. The number of benzene rings is 1. The first kappa shape index (κ1) is 13.6. The molecule has 18 heavy (non-hydrogen) atoms. The summed E-state index contributed by atoms with van der Waals surface area (Å²) in [7, 11) is 0. The van der Waals surface area contributed by atoms with Gasteiger partial charge in [-0.05, 0) is 19.2 Å². The second-order valence-corrected chi connectivity index (χ2v) is 5.44. The molecule has 1 atom stereocenters. The van der Waals surface area contributed by atoms with E-state index in [1.165, 1.54) is 5.56 Å². The Bertz CT molecular complexity index is 384. The summed E-state index contributed by atoms with van der Waals surface area (Å²) in [6, 6.07) is 6.62. The molecule has 0 aliphatic carbocycles. The van der Waals surface area contributed by atoms with Gasteiger partial charge in [0.15, 0.2) is 11.5 Å². The van der Waals surface area contributed by atoms with E-state index in [2.05, 4.69) is 24.6 Å². The molecule has 3 nitrogen and oxygen atoms in total. The first-order chi connectivity index (χ1) is 8.81. The maximum absolute atomic E-state index is 5.80. The highest BCUT2D eigenvalue weighted by Gasteiger charge is 2.14. The Hall–Kier alpha value is -0.870. The fraction of sp³-hybridized carbons (Fsp3) is 0.571. The second kappa shape index (κ2) is 6.90. The van der Waals surface area contributed by atoms with Crippen molar-refractivity contribution in [3.05, 3.63) is 23.8 Å². The van der Waals surface area contributed by atoms with Crippen LogP contribution in [0, 0.1) is 0 Å². The summed E-state index contributed by atoms with van der Waals surface area (Å²) in [5, 5.41) is 3.51. The molecule has 0 saturated carbocycles. The average molecular weight is 267 g/mol. The largest absolute Gasteiger partial charge is 0.490 e. The van der Waals surface area contributed by atoms with E-state index in [0.29, 0.717) is 6.04 Å². The standard InChI is InChI=1S/C14H21NO2S/c1-11(10-18-2)15-9-12-5-3-6-13-14(12)17-8-4-7-16-13/h3,5-6,11,15H,4,7-10H2,1-2H3. The number of thioether (sulfide) groups is 1. The minimum Gasteiger partial charge on any atom is -0.490 e. The lowest BCUT2D eigenvalue weighted by Crippen LogP contribution is -2.27. The first-order valence-electron chi connectivity index (χ1n) is 6.41. The summed E-state index contributed by atoms with van der Waals surface area (Å²) < 4.78 is 11.5.